The van der Waals surface area contributed by atoms with Crippen LogP contribution in [0, 0.1) is 11.6 Å². The van der Waals surface area contributed by atoms with Crippen molar-refractivity contribution in [2.24, 2.45) is 0 Å². The molecule has 14 heavy (non-hydrogen) atoms. The minimum atomic E-state index is -0.0606. The van der Waals surface area contributed by atoms with E-state index in [2.05, 4.69) is 46.2 Å². The van der Waals surface area contributed by atoms with Gasteiger partial charge in [0.25, 0.3) is 0 Å². The summed E-state index contributed by atoms with van der Waals surface area (Å²) in [6, 6.07) is 0. The normalized spacial score (nSPS) is 10.9. The van der Waals surface area contributed by atoms with Gasteiger partial charge in [-0.1, -0.05) is 59.0 Å². The molecule has 1 heteroatoms. The van der Waals surface area contributed by atoms with Crippen LogP contribution in [0.3, 0.4) is 0 Å². The van der Waals surface area contributed by atoms with E-state index in [-0.39, 0.29) is 7.92 Å². The first kappa shape index (κ1) is 14.0. The van der Waals surface area contributed by atoms with Gasteiger partial charge in [-0.05, 0) is 25.7 Å². The van der Waals surface area contributed by atoms with Crippen molar-refractivity contribution >= 4 is 7.92 Å². The molecule has 0 saturated heterocycles. The lowest BCUT2D eigenvalue weighted by molar-refractivity contribution is 0.737. The minimum Gasteiger partial charge on any atom is -0.0987 e. The zero-order valence-corrected chi connectivity index (χ0v) is 11.3. The second-order valence-corrected chi connectivity index (χ2v) is 7.44. The zero-order chi connectivity index (χ0) is 11.0. The predicted octanol–water partition coefficient (Wildman–Crippen LogP) is 4.83. The van der Waals surface area contributed by atoms with Gasteiger partial charge in [-0.2, -0.15) is 0 Å². The molecule has 0 unspecified atom stereocenters. The fraction of sp³-hybridized carbons (Fsp3) is 0.846. The van der Waals surface area contributed by atoms with E-state index in [1.807, 2.05) is 0 Å². The smallest absolute Gasteiger partial charge is 0.00921 e. The monoisotopic (exact) mass is 212 g/mol. The first-order valence-corrected chi connectivity index (χ1v) is 7.34. The fourth-order valence-corrected chi connectivity index (χ4v) is 3.47. The van der Waals surface area contributed by atoms with Crippen LogP contribution in [0.4, 0.5) is 0 Å². The molecule has 0 amide bonds. The molecule has 0 rings (SSSR count). The third-order valence-corrected chi connectivity index (χ3v) is 4.87. The molecule has 0 aliphatic rings. The number of hydrogen-bond acceptors (Lipinski definition) is 0. The summed E-state index contributed by atoms with van der Waals surface area (Å²) in [5, 5.41) is 0. The van der Waals surface area contributed by atoms with Gasteiger partial charge in [0, 0.05) is 6.42 Å². The van der Waals surface area contributed by atoms with Crippen LogP contribution in [0.2, 0.25) is 0 Å². The van der Waals surface area contributed by atoms with Crippen LogP contribution >= 0.6 is 7.92 Å². The molecule has 0 aromatic rings. The largest absolute Gasteiger partial charge is 0.0987 e. The molecule has 0 aromatic heterocycles. The average Bonchev–Trinajstić information content (AvgIpc) is 2.09. The van der Waals surface area contributed by atoms with Gasteiger partial charge in [-0.15, -0.1) is 0 Å². The summed E-state index contributed by atoms with van der Waals surface area (Å²) < 4.78 is 0. The average molecular weight is 212 g/mol. The standard InChI is InChI=1S/C13H25P/c1-6-7-8-9-10-11-14(12(2)3)13(4)5/h12-13H,6-9H2,1-5H3. The maximum Gasteiger partial charge on any atom is 0.00921 e. The number of rotatable bonds is 5. The van der Waals surface area contributed by atoms with E-state index in [1.54, 1.807) is 0 Å². The molecule has 0 aliphatic carbocycles. The van der Waals surface area contributed by atoms with Crippen molar-refractivity contribution in [3.8, 4) is 11.6 Å². The van der Waals surface area contributed by atoms with Crippen molar-refractivity contribution in [1.29, 1.82) is 0 Å². The quantitative estimate of drug-likeness (QED) is 0.348. The van der Waals surface area contributed by atoms with Crippen LogP contribution in [0.5, 0.6) is 0 Å². The molecule has 0 nitrogen and oxygen atoms in total. The van der Waals surface area contributed by atoms with Crippen molar-refractivity contribution in [3.63, 3.8) is 0 Å². The number of unbranched alkanes of at least 4 members (excludes halogenated alkanes) is 3. The van der Waals surface area contributed by atoms with Crippen LogP contribution in [0.15, 0.2) is 0 Å². The molecule has 0 atom stereocenters. The van der Waals surface area contributed by atoms with Crippen molar-refractivity contribution in [2.75, 3.05) is 0 Å². The Kier molecular flexibility index (Phi) is 8.30. The molecule has 0 bridgehead atoms. The molecule has 0 heterocycles. The van der Waals surface area contributed by atoms with Crippen LogP contribution in [0.1, 0.15) is 60.3 Å². The molecule has 82 valence electrons. The van der Waals surface area contributed by atoms with E-state index in [1.165, 1.54) is 19.3 Å². The summed E-state index contributed by atoms with van der Waals surface area (Å²) in [5.41, 5.74) is 5.00. The molecule has 0 spiro atoms. The molecule has 0 aliphatic heterocycles. The molecule has 0 fully saturated rings. The van der Waals surface area contributed by atoms with Gasteiger partial charge < -0.3 is 0 Å². The summed E-state index contributed by atoms with van der Waals surface area (Å²) >= 11 is 0. The van der Waals surface area contributed by atoms with E-state index in [0.717, 1.165) is 17.7 Å². The van der Waals surface area contributed by atoms with Crippen LogP contribution in [0.25, 0.3) is 0 Å². The highest BCUT2D eigenvalue weighted by atomic mass is 31.1. The van der Waals surface area contributed by atoms with Gasteiger partial charge in [-0.25, -0.2) is 0 Å². The Morgan fingerprint density at radius 1 is 1.00 bits per heavy atom. The maximum atomic E-state index is 3.49. The summed E-state index contributed by atoms with van der Waals surface area (Å²) in [5.74, 6) is 3.36. The Morgan fingerprint density at radius 3 is 2.00 bits per heavy atom. The van der Waals surface area contributed by atoms with E-state index < -0.39 is 0 Å². The highest BCUT2D eigenvalue weighted by Gasteiger charge is 2.13. The molecule has 0 radical (unpaired) electrons. The maximum absolute atomic E-state index is 3.49. The van der Waals surface area contributed by atoms with Crippen molar-refractivity contribution in [1.82, 2.24) is 0 Å². The molecule has 0 aromatic carbocycles. The van der Waals surface area contributed by atoms with E-state index in [4.69, 9.17) is 0 Å². The zero-order valence-electron chi connectivity index (χ0n) is 10.4. The Hall–Kier alpha value is -0.0100. The lowest BCUT2D eigenvalue weighted by atomic mass is 10.2. The molecule has 0 N–H and O–H groups in total. The Bertz CT molecular complexity index is 175. The third-order valence-electron chi connectivity index (χ3n) is 2.23. The van der Waals surface area contributed by atoms with Crippen molar-refractivity contribution in [2.45, 2.75) is 71.6 Å². The Morgan fingerprint density at radius 2 is 1.57 bits per heavy atom. The lowest BCUT2D eigenvalue weighted by Gasteiger charge is -2.18. The van der Waals surface area contributed by atoms with Crippen LogP contribution in [-0.4, -0.2) is 11.3 Å². The van der Waals surface area contributed by atoms with E-state index in [0.29, 0.717) is 0 Å². The fourth-order valence-electron chi connectivity index (χ4n) is 1.47. The third kappa shape index (κ3) is 6.44. The highest BCUT2D eigenvalue weighted by Crippen LogP contribution is 2.44. The second kappa shape index (κ2) is 8.31. The summed E-state index contributed by atoms with van der Waals surface area (Å²) in [4.78, 5) is 0. The van der Waals surface area contributed by atoms with Gasteiger partial charge in [0.1, 0.15) is 0 Å². The first-order chi connectivity index (χ1) is 6.59. The predicted molar refractivity (Wildman–Crippen MR) is 69.1 cm³/mol. The van der Waals surface area contributed by atoms with E-state index in [9.17, 15) is 0 Å². The topological polar surface area (TPSA) is 0 Å². The van der Waals surface area contributed by atoms with Crippen LogP contribution in [-0.2, 0) is 0 Å². The summed E-state index contributed by atoms with van der Waals surface area (Å²) in [7, 11) is -0.0606. The summed E-state index contributed by atoms with van der Waals surface area (Å²) in [6.45, 7) is 11.4. The Balaban J connectivity index is 3.89. The molecular formula is C13H25P. The van der Waals surface area contributed by atoms with Gasteiger partial charge in [0.2, 0.25) is 0 Å². The van der Waals surface area contributed by atoms with Gasteiger partial charge in [0.05, 0.1) is 0 Å². The van der Waals surface area contributed by atoms with Gasteiger partial charge in [-0.3, -0.25) is 0 Å². The van der Waals surface area contributed by atoms with Gasteiger partial charge >= 0.3 is 0 Å². The lowest BCUT2D eigenvalue weighted by Crippen LogP contribution is -2.00. The van der Waals surface area contributed by atoms with Crippen molar-refractivity contribution < 1.29 is 0 Å². The van der Waals surface area contributed by atoms with Crippen LogP contribution < -0.4 is 0 Å². The highest BCUT2D eigenvalue weighted by molar-refractivity contribution is 7.64. The van der Waals surface area contributed by atoms with Gasteiger partial charge in [0.15, 0.2) is 0 Å². The SMILES string of the molecule is CCCCCC#CP(C(C)C)C(C)C. The Labute approximate surface area is 91.6 Å². The minimum absolute atomic E-state index is 0.0606. The van der Waals surface area contributed by atoms with E-state index >= 15 is 0 Å². The second-order valence-electron chi connectivity index (χ2n) is 4.34. The summed E-state index contributed by atoms with van der Waals surface area (Å²) in [6.07, 6.45) is 5.01. The van der Waals surface area contributed by atoms with Crippen molar-refractivity contribution in [3.05, 3.63) is 0 Å². The molecule has 0 saturated carbocycles. The first-order valence-electron chi connectivity index (χ1n) is 5.86. The number of hydrogen-bond donors (Lipinski definition) is 0. The molecular weight excluding hydrogens is 187 g/mol.